The Kier molecular flexibility index (Phi) is 6.63. The second-order valence-electron chi connectivity index (χ2n) is 4.41. The minimum absolute atomic E-state index is 0.854. The maximum absolute atomic E-state index is 4.37. The summed E-state index contributed by atoms with van der Waals surface area (Å²) in [5.74, 6) is 0. The molecule has 0 aliphatic rings. The minimum Gasteiger partial charge on any atom is -0.375 e. The Morgan fingerprint density at radius 3 is 2.82 bits per heavy atom. The molecule has 0 aliphatic carbocycles. The minimum atomic E-state index is 0.854. The first-order valence-electron chi connectivity index (χ1n) is 6.64. The van der Waals surface area contributed by atoms with Crippen LogP contribution in [0.4, 0.5) is 5.69 Å². The zero-order chi connectivity index (χ0) is 12.5. The molecule has 17 heavy (non-hydrogen) atoms. The lowest BCUT2D eigenvalue weighted by molar-refractivity contribution is 0.699. The fourth-order valence-electron chi connectivity index (χ4n) is 1.78. The number of hydrogen-bond donors (Lipinski definition) is 1. The molecule has 0 saturated carbocycles. The van der Waals surface area contributed by atoms with Crippen molar-refractivity contribution in [1.29, 1.82) is 0 Å². The van der Waals surface area contributed by atoms with Crippen molar-refractivity contribution in [3.05, 3.63) is 24.0 Å². The smallest absolute Gasteiger partial charge is 0.0562 e. The topological polar surface area (TPSA) is 28.2 Å². The fourth-order valence-corrected chi connectivity index (χ4v) is 1.78. The molecule has 0 atom stereocenters. The van der Waals surface area contributed by atoms with E-state index in [-0.39, 0.29) is 0 Å². The number of unbranched alkanes of at least 4 members (excludes halogenated alkanes) is 2. The lowest BCUT2D eigenvalue weighted by Crippen LogP contribution is -2.19. The molecule has 3 nitrogen and oxygen atoms in total. The van der Waals surface area contributed by atoms with Crippen molar-refractivity contribution in [3.63, 3.8) is 0 Å². The molecule has 0 saturated heterocycles. The predicted molar refractivity (Wildman–Crippen MR) is 74.4 cm³/mol. The van der Waals surface area contributed by atoms with Gasteiger partial charge in [-0.3, -0.25) is 4.98 Å². The number of aromatic nitrogens is 1. The Morgan fingerprint density at radius 1 is 1.29 bits per heavy atom. The third-order valence-corrected chi connectivity index (χ3v) is 2.89. The highest BCUT2D eigenvalue weighted by Crippen LogP contribution is 2.13. The Hall–Kier alpha value is -1.09. The number of anilines is 1. The van der Waals surface area contributed by atoms with Gasteiger partial charge < -0.3 is 10.2 Å². The number of pyridine rings is 1. The van der Waals surface area contributed by atoms with E-state index in [4.69, 9.17) is 0 Å². The highest BCUT2D eigenvalue weighted by Gasteiger charge is 2.02. The van der Waals surface area contributed by atoms with E-state index in [1.54, 1.807) is 0 Å². The molecule has 0 fully saturated rings. The zero-order valence-corrected chi connectivity index (χ0v) is 11.4. The Balaban J connectivity index is 2.51. The van der Waals surface area contributed by atoms with Crippen LogP contribution in [0, 0.1) is 0 Å². The van der Waals surface area contributed by atoms with Crippen LogP contribution in [0.15, 0.2) is 18.3 Å². The average molecular weight is 235 g/mol. The van der Waals surface area contributed by atoms with Crippen molar-refractivity contribution in [2.24, 2.45) is 0 Å². The van der Waals surface area contributed by atoms with E-state index in [0.717, 1.165) is 25.3 Å². The first-order chi connectivity index (χ1) is 8.27. The van der Waals surface area contributed by atoms with Crippen LogP contribution in [0.3, 0.4) is 0 Å². The van der Waals surface area contributed by atoms with Crippen LogP contribution < -0.4 is 10.2 Å². The molecule has 0 amide bonds. The monoisotopic (exact) mass is 235 g/mol. The summed E-state index contributed by atoms with van der Waals surface area (Å²) in [6.45, 7) is 7.31. The van der Waals surface area contributed by atoms with Crippen molar-refractivity contribution in [1.82, 2.24) is 10.3 Å². The number of hydrogen-bond acceptors (Lipinski definition) is 3. The third-order valence-electron chi connectivity index (χ3n) is 2.89. The van der Waals surface area contributed by atoms with E-state index in [0.29, 0.717) is 0 Å². The lowest BCUT2D eigenvalue weighted by Gasteiger charge is -2.19. The third kappa shape index (κ3) is 5.18. The largest absolute Gasteiger partial charge is 0.375 e. The van der Waals surface area contributed by atoms with Gasteiger partial charge in [0.1, 0.15) is 0 Å². The van der Waals surface area contributed by atoms with Gasteiger partial charge in [-0.15, -0.1) is 0 Å². The van der Waals surface area contributed by atoms with Gasteiger partial charge in [0.25, 0.3) is 0 Å². The van der Waals surface area contributed by atoms with E-state index in [1.165, 1.54) is 24.9 Å². The van der Waals surface area contributed by atoms with Crippen LogP contribution in [0.5, 0.6) is 0 Å². The van der Waals surface area contributed by atoms with Gasteiger partial charge >= 0.3 is 0 Å². The SMILES string of the molecule is CCCCCN(C)c1ccnc(CNCC)c1. The van der Waals surface area contributed by atoms with E-state index in [1.807, 2.05) is 6.20 Å². The van der Waals surface area contributed by atoms with Crippen LogP contribution in [0.25, 0.3) is 0 Å². The molecular weight excluding hydrogens is 210 g/mol. The van der Waals surface area contributed by atoms with E-state index in [2.05, 4.69) is 48.2 Å². The van der Waals surface area contributed by atoms with Gasteiger partial charge in [0, 0.05) is 32.0 Å². The van der Waals surface area contributed by atoms with E-state index in [9.17, 15) is 0 Å². The molecule has 0 unspecified atom stereocenters. The summed E-state index contributed by atoms with van der Waals surface area (Å²) in [6, 6.07) is 4.26. The van der Waals surface area contributed by atoms with E-state index < -0.39 is 0 Å². The summed E-state index contributed by atoms with van der Waals surface area (Å²) >= 11 is 0. The molecule has 1 rings (SSSR count). The highest BCUT2D eigenvalue weighted by molar-refractivity contribution is 5.45. The summed E-state index contributed by atoms with van der Waals surface area (Å²) in [6.07, 6.45) is 5.74. The molecule has 1 aromatic rings. The van der Waals surface area contributed by atoms with Gasteiger partial charge in [-0.1, -0.05) is 26.7 Å². The van der Waals surface area contributed by atoms with Crippen molar-refractivity contribution < 1.29 is 0 Å². The molecule has 0 aliphatic heterocycles. The Morgan fingerprint density at radius 2 is 2.12 bits per heavy atom. The van der Waals surface area contributed by atoms with Crippen LogP contribution in [-0.2, 0) is 6.54 Å². The number of nitrogens with one attached hydrogen (secondary N) is 1. The normalized spacial score (nSPS) is 10.5. The summed E-state index contributed by atoms with van der Waals surface area (Å²) in [5.41, 5.74) is 2.38. The molecule has 0 spiro atoms. The maximum atomic E-state index is 4.37. The van der Waals surface area contributed by atoms with Gasteiger partial charge in [0.2, 0.25) is 0 Å². The summed E-state index contributed by atoms with van der Waals surface area (Å²) in [5, 5.41) is 3.30. The summed E-state index contributed by atoms with van der Waals surface area (Å²) < 4.78 is 0. The lowest BCUT2D eigenvalue weighted by atomic mass is 10.2. The first-order valence-corrected chi connectivity index (χ1v) is 6.64. The van der Waals surface area contributed by atoms with Gasteiger partial charge in [0.05, 0.1) is 5.69 Å². The molecular formula is C14H25N3. The van der Waals surface area contributed by atoms with Crippen molar-refractivity contribution in [2.75, 3.05) is 25.0 Å². The molecule has 1 aromatic heterocycles. The molecule has 0 bridgehead atoms. The number of rotatable bonds is 8. The van der Waals surface area contributed by atoms with Gasteiger partial charge in [-0.05, 0) is 25.1 Å². The molecule has 96 valence electrons. The first kappa shape index (κ1) is 14.0. The second kappa shape index (κ2) is 8.07. The van der Waals surface area contributed by atoms with E-state index >= 15 is 0 Å². The van der Waals surface area contributed by atoms with Crippen molar-refractivity contribution in [2.45, 2.75) is 39.7 Å². The molecule has 1 N–H and O–H groups in total. The summed E-state index contributed by atoms with van der Waals surface area (Å²) in [4.78, 5) is 6.68. The van der Waals surface area contributed by atoms with Gasteiger partial charge in [-0.2, -0.15) is 0 Å². The molecule has 0 aromatic carbocycles. The Labute approximate surface area is 105 Å². The van der Waals surface area contributed by atoms with Crippen LogP contribution in [0.1, 0.15) is 38.8 Å². The maximum Gasteiger partial charge on any atom is 0.0562 e. The number of nitrogens with zero attached hydrogens (tertiary/aromatic N) is 2. The predicted octanol–water partition coefficient (Wildman–Crippen LogP) is 2.82. The van der Waals surface area contributed by atoms with Crippen LogP contribution in [-0.4, -0.2) is 25.1 Å². The second-order valence-corrected chi connectivity index (χ2v) is 4.41. The summed E-state index contributed by atoms with van der Waals surface area (Å²) in [7, 11) is 2.15. The average Bonchev–Trinajstić information content (AvgIpc) is 2.37. The molecule has 3 heteroatoms. The zero-order valence-electron chi connectivity index (χ0n) is 11.4. The van der Waals surface area contributed by atoms with Gasteiger partial charge in [0.15, 0.2) is 0 Å². The van der Waals surface area contributed by atoms with Crippen molar-refractivity contribution in [3.8, 4) is 0 Å². The fraction of sp³-hybridized carbons (Fsp3) is 0.643. The van der Waals surface area contributed by atoms with Crippen LogP contribution >= 0.6 is 0 Å². The van der Waals surface area contributed by atoms with Gasteiger partial charge in [-0.25, -0.2) is 0 Å². The Bertz CT molecular complexity index is 312. The highest BCUT2D eigenvalue weighted by atomic mass is 15.1. The standard InChI is InChI=1S/C14H25N3/c1-4-6-7-10-17(3)14-8-9-16-13(11-14)12-15-5-2/h8-9,11,15H,4-7,10,12H2,1-3H3. The molecule has 1 heterocycles. The van der Waals surface area contributed by atoms with Crippen molar-refractivity contribution >= 4 is 5.69 Å². The molecule has 0 radical (unpaired) electrons. The quantitative estimate of drug-likeness (QED) is 0.702. The van der Waals surface area contributed by atoms with Crippen LogP contribution in [0.2, 0.25) is 0 Å².